The Hall–Kier alpha value is -1.20. The second-order valence-corrected chi connectivity index (χ2v) is 4.34. The van der Waals surface area contributed by atoms with Crippen LogP contribution in [0.4, 0.5) is 0 Å². The van der Waals surface area contributed by atoms with E-state index in [9.17, 15) is 0 Å². The molecule has 5 heteroatoms. The molecule has 1 aromatic carbocycles. The molecule has 1 heterocycles. The van der Waals surface area contributed by atoms with Crippen LogP contribution < -0.4 is 5.32 Å². The molecule has 4 nitrogen and oxygen atoms in total. The Balaban J connectivity index is 2.08. The first-order valence-electron chi connectivity index (χ1n) is 4.98. The van der Waals surface area contributed by atoms with E-state index in [1.54, 1.807) is 0 Å². The molecule has 0 spiro atoms. The number of benzene rings is 1. The Morgan fingerprint density at radius 1 is 1.31 bits per heavy atom. The van der Waals surface area contributed by atoms with Crippen LogP contribution in [0.1, 0.15) is 17.3 Å². The SMILES string of the molecule is CNCc1nnc(Cc2cccc(Br)c2)o1. The van der Waals surface area contributed by atoms with E-state index in [0.717, 1.165) is 10.0 Å². The molecular weight excluding hydrogens is 270 g/mol. The molecule has 2 rings (SSSR count). The summed E-state index contributed by atoms with van der Waals surface area (Å²) >= 11 is 3.43. The van der Waals surface area contributed by atoms with Crippen molar-refractivity contribution in [2.24, 2.45) is 0 Å². The second kappa shape index (κ2) is 5.23. The summed E-state index contributed by atoms with van der Waals surface area (Å²) < 4.78 is 6.52. The molecule has 0 aliphatic heterocycles. The highest BCUT2D eigenvalue weighted by atomic mass is 79.9. The lowest BCUT2D eigenvalue weighted by Gasteiger charge is -1.97. The number of halogens is 1. The molecule has 0 radical (unpaired) electrons. The molecule has 0 aliphatic rings. The minimum Gasteiger partial charge on any atom is -0.424 e. The summed E-state index contributed by atoms with van der Waals surface area (Å²) in [7, 11) is 1.85. The van der Waals surface area contributed by atoms with Gasteiger partial charge in [-0.2, -0.15) is 0 Å². The zero-order valence-corrected chi connectivity index (χ0v) is 10.5. The Bertz CT molecular complexity index is 470. The number of hydrogen-bond donors (Lipinski definition) is 1. The normalized spacial score (nSPS) is 10.6. The van der Waals surface area contributed by atoms with Crippen molar-refractivity contribution in [2.45, 2.75) is 13.0 Å². The first kappa shape index (κ1) is 11.3. The standard InChI is InChI=1S/C11H12BrN3O/c1-13-7-11-15-14-10(16-11)6-8-3-2-4-9(12)5-8/h2-5,13H,6-7H2,1H3. The van der Waals surface area contributed by atoms with E-state index in [0.29, 0.717) is 24.7 Å². The maximum atomic E-state index is 5.47. The van der Waals surface area contributed by atoms with Crippen molar-refractivity contribution in [2.75, 3.05) is 7.05 Å². The van der Waals surface area contributed by atoms with Gasteiger partial charge < -0.3 is 9.73 Å². The summed E-state index contributed by atoms with van der Waals surface area (Å²) in [6, 6.07) is 8.06. The van der Waals surface area contributed by atoms with E-state index in [1.165, 1.54) is 0 Å². The van der Waals surface area contributed by atoms with Crippen molar-refractivity contribution >= 4 is 15.9 Å². The van der Waals surface area contributed by atoms with Gasteiger partial charge in [0.25, 0.3) is 0 Å². The van der Waals surface area contributed by atoms with E-state index in [2.05, 4.69) is 31.4 Å². The number of aromatic nitrogens is 2. The van der Waals surface area contributed by atoms with Crippen LogP contribution in [0.25, 0.3) is 0 Å². The van der Waals surface area contributed by atoms with Gasteiger partial charge in [-0.3, -0.25) is 0 Å². The van der Waals surface area contributed by atoms with Gasteiger partial charge in [-0.15, -0.1) is 10.2 Å². The quantitative estimate of drug-likeness (QED) is 0.933. The molecule has 0 atom stereocenters. The van der Waals surface area contributed by atoms with Gasteiger partial charge in [0.2, 0.25) is 11.8 Å². The molecule has 1 aromatic heterocycles. The van der Waals surface area contributed by atoms with Crippen molar-refractivity contribution in [3.8, 4) is 0 Å². The van der Waals surface area contributed by atoms with Crippen LogP contribution in [0.2, 0.25) is 0 Å². The molecule has 0 saturated heterocycles. The summed E-state index contributed by atoms with van der Waals surface area (Å²) in [6.45, 7) is 0.603. The Labute approximate surface area is 102 Å². The predicted octanol–water partition coefficient (Wildman–Crippen LogP) is 2.14. The molecule has 0 saturated carbocycles. The summed E-state index contributed by atoms with van der Waals surface area (Å²) in [5, 5.41) is 10.9. The minimum absolute atomic E-state index is 0.603. The maximum absolute atomic E-state index is 5.47. The lowest BCUT2D eigenvalue weighted by Crippen LogP contribution is -2.04. The fourth-order valence-electron chi connectivity index (χ4n) is 1.40. The minimum atomic E-state index is 0.603. The van der Waals surface area contributed by atoms with E-state index in [4.69, 9.17) is 4.42 Å². The molecule has 0 fully saturated rings. The Morgan fingerprint density at radius 2 is 2.12 bits per heavy atom. The summed E-state index contributed by atoms with van der Waals surface area (Å²) in [4.78, 5) is 0. The van der Waals surface area contributed by atoms with Crippen LogP contribution in [0.5, 0.6) is 0 Å². The van der Waals surface area contributed by atoms with Crippen LogP contribution in [0, 0.1) is 0 Å². The van der Waals surface area contributed by atoms with Gasteiger partial charge in [0, 0.05) is 4.47 Å². The van der Waals surface area contributed by atoms with E-state index in [-0.39, 0.29) is 0 Å². The summed E-state index contributed by atoms with van der Waals surface area (Å²) in [6.07, 6.45) is 0.663. The highest BCUT2D eigenvalue weighted by molar-refractivity contribution is 9.10. The van der Waals surface area contributed by atoms with E-state index in [1.807, 2.05) is 31.3 Å². The number of rotatable bonds is 4. The molecule has 0 unspecified atom stereocenters. The van der Waals surface area contributed by atoms with Gasteiger partial charge in [0.05, 0.1) is 13.0 Å². The van der Waals surface area contributed by atoms with Crippen LogP contribution in [0.3, 0.4) is 0 Å². The molecule has 0 bridgehead atoms. The molecule has 1 N–H and O–H groups in total. The van der Waals surface area contributed by atoms with Crippen LogP contribution in [-0.2, 0) is 13.0 Å². The summed E-state index contributed by atoms with van der Waals surface area (Å²) in [5.41, 5.74) is 1.15. The van der Waals surface area contributed by atoms with Crippen molar-refractivity contribution in [1.29, 1.82) is 0 Å². The Kier molecular flexibility index (Phi) is 3.69. The third-order valence-electron chi connectivity index (χ3n) is 2.08. The van der Waals surface area contributed by atoms with Gasteiger partial charge in [0.15, 0.2) is 0 Å². The second-order valence-electron chi connectivity index (χ2n) is 3.43. The number of nitrogens with one attached hydrogen (secondary N) is 1. The van der Waals surface area contributed by atoms with Crippen LogP contribution in [-0.4, -0.2) is 17.2 Å². The maximum Gasteiger partial charge on any atom is 0.230 e. The smallest absolute Gasteiger partial charge is 0.230 e. The van der Waals surface area contributed by atoms with Gasteiger partial charge in [-0.25, -0.2) is 0 Å². The first-order valence-corrected chi connectivity index (χ1v) is 5.77. The van der Waals surface area contributed by atoms with E-state index < -0.39 is 0 Å². The van der Waals surface area contributed by atoms with Gasteiger partial charge in [0.1, 0.15) is 0 Å². The largest absolute Gasteiger partial charge is 0.424 e. The van der Waals surface area contributed by atoms with Crippen molar-refractivity contribution < 1.29 is 4.42 Å². The lowest BCUT2D eigenvalue weighted by molar-refractivity contribution is 0.447. The fraction of sp³-hybridized carbons (Fsp3) is 0.273. The van der Waals surface area contributed by atoms with E-state index >= 15 is 0 Å². The third-order valence-corrected chi connectivity index (χ3v) is 2.57. The fourth-order valence-corrected chi connectivity index (χ4v) is 1.85. The van der Waals surface area contributed by atoms with Crippen molar-refractivity contribution in [1.82, 2.24) is 15.5 Å². The average Bonchev–Trinajstić information content (AvgIpc) is 2.66. The molecule has 2 aromatic rings. The molecule has 84 valence electrons. The molecule has 0 aliphatic carbocycles. The third kappa shape index (κ3) is 2.90. The average molecular weight is 282 g/mol. The van der Waals surface area contributed by atoms with Crippen molar-refractivity contribution in [3.05, 3.63) is 46.1 Å². The van der Waals surface area contributed by atoms with Gasteiger partial charge in [-0.05, 0) is 24.7 Å². The monoisotopic (exact) mass is 281 g/mol. The zero-order chi connectivity index (χ0) is 11.4. The molecular formula is C11H12BrN3O. The lowest BCUT2D eigenvalue weighted by atomic mass is 10.1. The van der Waals surface area contributed by atoms with Crippen LogP contribution >= 0.6 is 15.9 Å². The van der Waals surface area contributed by atoms with Crippen LogP contribution in [0.15, 0.2) is 33.2 Å². The van der Waals surface area contributed by atoms with Crippen molar-refractivity contribution in [3.63, 3.8) is 0 Å². The highest BCUT2D eigenvalue weighted by Crippen LogP contribution is 2.14. The molecule has 0 amide bonds. The first-order chi connectivity index (χ1) is 7.78. The number of hydrogen-bond acceptors (Lipinski definition) is 4. The summed E-state index contributed by atoms with van der Waals surface area (Å²) in [5.74, 6) is 1.26. The molecule has 16 heavy (non-hydrogen) atoms. The van der Waals surface area contributed by atoms with Gasteiger partial charge in [-0.1, -0.05) is 28.1 Å². The highest BCUT2D eigenvalue weighted by Gasteiger charge is 2.06. The predicted molar refractivity (Wildman–Crippen MR) is 64.0 cm³/mol. The Morgan fingerprint density at radius 3 is 2.88 bits per heavy atom. The number of nitrogens with zero attached hydrogens (tertiary/aromatic N) is 2. The zero-order valence-electron chi connectivity index (χ0n) is 8.90. The van der Waals surface area contributed by atoms with Gasteiger partial charge >= 0.3 is 0 Å². The topological polar surface area (TPSA) is 51.0 Å².